The topological polar surface area (TPSA) is 83.1 Å². The van der Waals surface area contributed by atoms with Gasteiger partial charge in [-0.05, 0) is 48.9 Å². The molecular formula is C25H25NO6. The van der Waals surface area contributed by atoms with Gasteiger partial charge >= 0.3 is 5.97 Å². The van der Waals surface area contributed by atoms with Gasteiger partial charge in [0.2, 0.25) is 5.91 Å². The van der Waals surface area contributed by atoms with Crippen LogP contribution in [0.4, 0.5) is 5.69 Å². The van der Waals surface area contributed by atoms with Gasteiger partial charge in [0.15, 0.2) is 6.61 Å². The minimum atomic E-state index is -0.455. The Morgan fingerprint density at radius 1 is 0.875 bits per heavy atom. The van der Waals surface area contributed by atoms with Crippen molar-refractivity contribution in [2.75, 3.05) is 25.6 Å². The Morgan fingerprint density at radius 3 is 2.25 bits per heavy atom. The molecule has 0 aliphatic carbocycles. The summed E-state index contributed by atoms with van der Waals surface area (Å²) in [6, 6.07) is 21.7. The van der Waals surface area contributed by atoms with Crippen molar-refractivity contribution in [1.82, 2.24) is 0 Å². The second kappa shape index (κ2) is 11.4. The van der Waals surface area contributed by atoms with E-state index in [4.69, 9.17) is 18.9 Å². The molecule has 0 atom stereocenters. The van der Waals surface area contributed by atoms with E-state index >= 15 is 0 Å². The highest BCUT2D eigenvalue weighted by Gasteiger charge is 2.11. The number of esters is 1. The quantitative estimate of drug-likeness (QED) is 0.468. The Bertz CT molecular complexity index is 1030. The van der Waals surface area contributed by atoms with E-state index in [9.17, 15) is 9.59 Å². The molecule has 0 bridgehead atoms. The first-order valence-corrected chi connectivity index (χ1v) is 10.2. The van der Waals surface area contributed by atoms with Crippen LogP contribution >= 0.6 is 0 Å². The maximum absolute atomic E-state index is 12.5. The Hall–Kier alpha value is -4.00. The van der Waals surface area contributed by atoms with Crippen molar-refractivity contribution in [2.24, 2.45) is 0 Å². The molecule has 3 aromatic rings. The summed E-state index contributed by atoms with van der Waals surface area (Å²) < 4.78 is 21.3. The van der Waals surface area contributed by atoms with Crippen LogP contribution in [0.25, 0.3) is 0 Å². The average Bonchev–Trinajstić information content (AvgIpc) is 2.80. The first kappa shape index (κ1) is 22.7. The van der Waals surface area contributed by atoms with Crippen molar-refractivity contribution in [3.05, 3.63) is 78.4 Å². The third kappa shape index (κ3) is 6.77. The first-order valence-electron chi connectivity index (χ1n) is 10.2. The van der Waals surface area contributed by atoms with Crippen molar-refractivity contribution in [3.8, 4) is 23.0 Å². The van der Waals surface area contributed by atoms with Crippen LogP contribution in [0.3, 0.4) is 0 Å². The van der Waals surface area contributed by atoms with Crippen molar-refractivity contribution < 1.29 is 28.5 Å². The number of methoxy groups -OCH3 is 1. The molecule has 0 saturated carbocycles. The normalized spacial score (nSPS) is 10.2. The minimum Gasteiger partial charge on any atom is -0.494 e. The maximum atomic E-state index is 12.5. The molecule has 7 heteroatoms. The molecule has 0 aromatic heterocycles. The van der Waals surface area contributed by atoms with E-state index < -0.39 is 5.97 Å². The Balaban J connectivity index is 1.56. The molecule has 1 amide bonds. The smallest absolute Gasteiger partial charge is 0.344 e. The SMILES string of the molecule is CCOC(=O)COc1ccc(NC(=O)Cc2ccc(Oc3ccccc3)cc2)c(OC)c1. The highest BCUT2D eigenvalue weighted by atomic mass is 16.6. The lowest BCUT2D eigenvalue weighted by molar-refractivity contribution is -0.145. The van der Waals surface area contributed by atoms with Crippen LogP contribution in [-0.2, 0) is 20.7 Å². The Labute approximate surface area is 186 Å². The molecule has 0 heterocycles. The number of hydrogen-bond donors (Lipinski definition) is 1. The molecule has 1 N–H and O–H groups in total. The zero-order valence-electron chi connectivity index (χ0n) is 18.0. The van der Waals surface area contributed by atoms with Gasteiger partial charge in [0, 0.05) is 6.07 Å². The number of benzene rings is 3. The minimum absolute atomic E-state index is 0.190. The number of carbonyl (C=O) groups is 2. The van der Waals surface area contributed by atoms with Gasteiger partial charge in [0.1, 0.15) is 23.0 Å². The largest absolute Gasteiger partial charge is 0.494 e. The maximum Gasteiger partial charge on any atom is 0.344 e. The van der Waals surface area contributed by atoms with Crippen LogP contribution in [0, 0.1) is 0 Å². The third-order valence-electron chi connectivity index (χ3n) is 4.38. The summed E-state index contributed by atoms with van der Waals surface area (Å²) in [4.78, 5) is 23.9. The zero-order chi connectivity index (χ0) is 22.8. The van der Waals surface area contributed by atoms with Gasteiger partial charge in [-0.15, -0.1) is 0 Å². The average molecular weight is 435 g/mol. The summed E-state index contributed by atoms with van der Waals surface area (Å²) in [7, 11) is 1.49. The predicted molar refractivity (Wildman–Crippen MR) is 120 cm³/mol. The lowest BCUT2D eigenvalue weighted by atomic mass is 10.1. The number of nitrogens with one attached hydrogen (secondary N) is 1. The first-order chi connectivity index (χ1) is 15.6. The summed E-state index contributed by atoms with van der Waals surface area (Å²) in [6.07, 6.45) is 0.190. The Morgan fingerprint density at radius 2 is 1.56 bits per heavy atom. The molecule has 0 fully saturated rings. The van der Waals surface area contributed by atoms with Gasteiger partial charge < -0.3 is 24.3 Å². The molecule has 7 nitrogen and oxygen atoms in total. The molecular weight excluding hydrogens is 410 g/mol. The highest BCUT2D eigenvalue weighted by molar-refractivity contribution is 5.93. The molecule has 3 rings (SSSR count). The number of rotatable bonds is 10. The molecule has 0 spiro atoms. The molecule has 32 heavy (non-hydrogen) atoms. The van der Waals surface area contributed by atoms with Crippen LogP contribution in [0.5, 0.6) is 23.0 Å². The molecule has 0 aliphatic heterocycles. The van der Waals surface area contributed by atoms with Crippen molar-refractivity contribution in [2.45, 2.75) is 13.3 Å². The summed E-state index contributed by atoms with van der Waals surface area (Å²) in [5, 5.41) is 2.83. The summed E-state index contributed by atoms with van der Waals surface area (Å²) in [6.45, 7) is 1.82. The fraction of sp³-hybridized carbons (Fsp3) is 0.200. The third-order valence-corrected chi connectivity index (χ3v) is 4.38. The summed E-state index contributed by atoms with van der Waals surface area (Å²) >= 11 is 0. The molecule has 3 aromatic carbocycles. The predicted octanol–water partition coefficient (Wildman–Crippen LogP) is 4.61. The van der Waals surface area contributed by atoms with Crippen molar-refractivity contribution in [3.63, 3.8) is 0 Å². The van der Waals surface area contributed by atoms with E-state index in [0.29, 0.717) is 29.5 Å². The number of ether oxygens (including phenoxy) is 4. The van der Waals surface area contributed by atoms with E-state index in [0.717, 1.165) is 11.3 Å². The van der Waals surface area contributed by atoms with Crippen LogP contribution in [0.15, 0.2) is 72.8 Å². The van der Waals surface area contributed by atoms with Crippen molar-refractivity contribution >= 4 is 17.6 Å². The fourth-order valence-electron chi connectivity index (χ4n) is 2.89. The number of anilines is 1. The van der Waals surface area contributed by atoms with Crippen molar-refractivity contribution in [1.29, 1.82) is 0 Å². The standard InChI is InChI=1S/C25H25NO6/c1-3-30-25(28)17-31-21-13-14-22(23(16-21)29-2)26-24(27)15-18-9-11-20(12-10-18)32-19-7-5-4-6-8-19/h4-14,16H,3,15,17H2,1-2H3,(H,26,27). The number of carbonyl (C=O) groups excluding carboxylic acids is 2. The van der Waals surface area contributed by atoms with E-state index in [1.807, 2.05) is 54.6 Å². The van der Waals surface area contributed by atoms with E-state index in [-0.39, 0.29) is 18.9 Å². The number of para-hydroxylation sites is 1. The lowest BCUT2D eigenvalue weighted by Gasteiger charge is -2.13. The second-order valence-electron chi connectivity index (χ2n) is 6.74. The zero-order valence-corrected chi connectivity index (χ0v) is 18.0. The van der Waals surface area contributed by atoms with Gasteiger partial charge in [0.05, 0.1) is 25.8 Å². The second-order valence-corrected chi connectivity index (χ2v) is 6.74. The highest BCUT2D eigenvalue weighted by Crippen LogP contribution is 2.29. The van der Waals surface area contributed by atoms with E-state index in [1.165, 1.54) is 7.11 Å². The van der Waals surface area contributed by atoms with Crippen LogP contribution in [-0.4, -0.2) is 32.2 Å². The summed E-state index contributed by atoms with van der Waals surface area (Å²) in [5.74, 6) is 1.65. The van der Waals surface area contributed by atoms with Crippen LogP contribution in [0.2, 0.25) is 0 Å². The molecule has 0 saturated heterocycles. The monoisotopic (exact) mass is 435 g/mol. The van der Waals surface area contributed by atoms with Gasteiger partial charge in [0.25, 0.3) is 0 Å². The Kier molecular flexibility index (Phi) is 8.09. The molecule has 0 radical (unpaired) electrons. The van der Waals surface area contributed by atoms with Crippen LogP contribution < -0.4 is 19.5 Å². The molecule has 0 unspecified atom stereocenters. The lowest BCUT2D eigenvalue weighted by Crippen LogP contribution is -2.16. The molecule has 0 aliphatic rings. The summed E-state index contributed by atoms with van der Waals surface area (Å²) in [5.41, 5.74) is 1.35. The van der Waals surface area contributed by atoms with Gasteiger partial charge in [-0.3, -0.25) is 4.79 Å². The van der Waals surface area contributed by atoms with Gasteiger partial charge in [-0.1, -0.05) is 30.3 Å². The van der Waals surface area contributed by atoms with Crippen LogP contribution in [0.1, 0.15) is 12.5 Å². The number of amides is 1. The van der Waals surface area contributed by atoms with Gasteiger partial charge in [-0.25, -0.2) is 4.79 Å². The fourth-order valence-corrected chi connectivity index (χ4v) is 2.89. The van der Waals surface area contributed by atoms with Gasteiger partial charge in [-0.2, -0.15) is 0 Å². The molecule has 166 valence electrons. The van der Waals surface area contributed by atoms with E-state index in [2.05, 4.69) is 5.32 Å². The van der Waals surface area contributed by atoms with E-state index in [1.54, 1.807) is 25.1 Å². The number of hydrogen-bond acceptors (Lipinski definition) is 6.